The Kier molecular flexibility index (Phi) is 4.40. The predicted octanol–water partition coefficient (Wildman–Crippen LogP) is 2.37. The SMILES string of the molecule is NCC(c1cc(Br)ccc1F)N1CCN(C2CC2)CC1. The summed E-state index contributed by atoms with van der Waals surface area (Å²) in [5, 5.41) is 0. The molecule has 1 aromatic rings. The van der Waals surface area contributed by atoms with Gasteiger partial charge in [-0.3, -0.25) is 9.80 Å². The fraction of sp³-hybridized carbons (Fsp3) is 0.600. The quantitative estimate of drug-likeness (QED) is 0.912. The van der Waals surface area contributed by atoms with Gasteiger partial charge in [-0.05, 0) is 31.0 Å². The van der Waals surface area contributed by atoms with Gasteiger partial charge in [0.15, 0.2) is 0 Å². The highest BCUT2D eigenvalue weighted by Gasteiger charge is 2.33. The molecule has 1 unspecified atom stereocenters. The standard InChI is InChI=1S/C15H21BrFN3/c16-11-1-4-14(17)13(9-11)15(10-18)20-7-5-19(6-8-20)12-2-3-12/h1,4,9,12,15H,2-3,5-8,10,18H2. The van der Waals surface area contributed by atoms with E-state index in [0.29, 0.717) is 12.1 Å². The summed E-state index contributed by atoms with van der Waals surface area (Å²) in [5.41, 5.74) is 6.63. The zero-order valence-corrected chi connectivity index (χ0v) is 13.2. The van der Waals surface area contributed by atoms with E-state index < -0.39 is 0 Å². The van der Waals surface area contributed by atoms with Gasteiger partial charge in [-0.2, -0.15) is 0 Å². The van der Waals surface area contributed by atoms with Crippen LogP contribution in [0.2, 0.25) is 0 Å². The number of hydrogen-bond acceptors (Lipinski definition) is 3. The zero-order valence-electron chi connectivity index (χ0n) is 11.6. The van der Waals surface area contributed by atoms with Crippen LogP contribution in [-0.4, -0.2) is 48.6 Å². The van der Waals surface area contributed by atoms with Crippen molar-refractivity contribution < 1.29 is 4.39 Å². The second-order valence-corrected chi connectivity index (χ2v) is 6.64. The van der Waals surface area contributed by atoms with E-state index in [9.17, 15) is 4.39 Å². The maximum absolute atomic E-state index is 14.1. The van der Waals surface area contributed by atoms with Crippen molar-refractivity contribution >= 4 is 15.9 Å². The minimum absolute atomic E-state index is 0.0196. The van der Waals surface area contributed by atoms with Crippen LogP contribution in [0.3, 0.4) is 0 Å². The lowest BCUT2D eigenvalue weighted by atomic mass is 10.0. The van der Waals surface area contributed by atoms with E-state index in [4.69, 9.17) is 5.73 Å². The average Bonchev–Trinajstić information content (AvgIpc) is 3.29. The number of piperazine rings is 1. The smallest absolute Gasteiger partial charge is 0.128 e. The van der Waals surface area contributed by atoms with E-state index in [2.05, 4.69) is 25.7 Å². The van der Waals surface area contributed by atoms with Crippen LogP contribution in [0.25, 0.3) is 0 Å². The molecule has 3 rings (SSSR count). The lowest BCUT2D eigenvalue weighted by Crippen LogP contribution is -2.49. The molecule has 1 heterocycles. The van der Waals surface area contributed by atoms with E-state index in [-0.39, 0.29) is 11.9 Å². The Hall–Kier alpha value is -0.490. The maximum Gasteiger partial charge on any atom is 0.128 e. The highest BCUT2D eigenvalue weighted by molar-refractivity contribution is 9.10. The summed E-state index contributed by atoms with van der Waals surface area (Å²) in [4.78, 5) is 4.88. The van der Waals surface area contributed by atoms with Crippen LogP contribution in [0.15, 0.2) is 22.7 Å². The highest BCUT2D eigenvalue weighted by atomic mass is 79.9. The monoisotopic (exact) mass is 341 g/mol. The number of nitrogens with two attached hydrogens (primary N) is 1. The van der Waals surface area contributed by atoms with Crippen molar-refractivity contribution in [3.8, 4) is 0 Å². The molecule has 2 aliphatic rings. The predicted molar refractivity (Wildman–Crippen MR) is 82.1 cm³/mol. The molecule has 0 spiro atoms. The summed E-state index contributed by atoms with van der Waals surface area (Å²) in [7, 11) is 0. The summed E-state index contributed by atoms with van der Waals surface area (Å²) in [6.45, 7) is 4.57. The first-order valence-corrected chi connectivity index (χ1v) is 8.11. The summed E-state index contributed by atoms with van der Waals surface area (Å²) in [6, 6.07) is 5.91. The molecule has 3 nitrogen and oxygen atoms in total. The molecule has 1 saturated carbocycles. The molecule has 0 bridgehead atoms. The van der Waals surface area contributed by atoms with Crippen LogP contribution in [-0.2, 0) is 0 Å². The minimum atomic E-state index is -0.159. The molecular formula is C15H21BrFN3. The van der Waals surface area contributed by atoms with Gasteiger partial charge in [0, 0.05) is 48.8 Å². The molecule has 1 saturated heterocycles. The first kappa shape index (κ1) is 14.4. The molecule has 1 aromatic carbocycles. The fourth-order valence-corrected chi connectivity index (χ4v) is 3.48. The molecule has 110 valence electrons. The van der Waals surface area contributed by atoms with E-state index >= 15 is 0 Å². The van der Waals surface area contributed by atoms with Crippen LogP contribution in [0, 0.1) is 5.82 Å². The summed E-state index contributed by atoms with van der Waals surface area (Å²) in [6.07, 6.45) is 2.70. The van der Waals surface area contributed by atoms with Gasteiger partial charge in [-0.25, -0.2) is 4.39 Å². The van der Waals surface area contributed by atoms with Crippen molar-refractivity contribution in [3.05, 3.63) is 34.1 Å². The molecule has 20 heavy (non-hydrogen) atoms. The molecule has 0 aromatic heterocycles. The Balaban J connectivity index is 1.71. The summed E-state index contributed by atoms with van der Waals surface area (Å²) >= 11 is 3.42. The molecule has 5 heteroatoms. The van der Waals surface area contributed by atoms with Crippen LogP contribution >= 0.6 is 15.9 Å². The number of rotatable bonds is 4. The Morgan fingerprint density at radius 3 is 2.55 bits per heavy atom. The van der Waals surface area contributed by atoms with Crippen LogP contribution in [0.4, 0.5) is 4.39 Å². The van der Waals surface area contributed by atoms with Crippen molar-refractivity contribution in [2.24, 2.45) is 5.73 Å². The molecule has 2 N–H and O–H groups in total. The molecule has 1 atom stereocenters. The van der Waals surface area contributed by atoms with Crippen LogP contribution < -0.4 is 5.73 Å². The van der Waals surface area contributed by atoms with Gasteiger partial charge in [0.25, 0.3) is 0 Å². The van der Waals surface area contributed by atoms with Crippen LogP contribution in [0.1, 0.15) is 24.4 Å². The number of hydrogen-bond donors (Lipinski definition) is 1. The number of benzene rings is 1. The fourth-order valence-electron chi connectivity index (χ4n) is 3.10. The van der Waals surface area contributed by atoms with Gasteiger partial charge < -0.3 is 5.73 Å². The minimum Gasteiger partial charge on any atom is -0.329 e. The number of nitrogens with zero attached hydrogens (tertiary/aromatic N) is 2. The molecule has 2 fully saturated rings. The topological polar surface area (TPSA) is 32.5 Å². The summed E-state index contributed by atoms with van der Waals surface area (Å²) < 4.78 is 15.0. The third kappa shape index (κ3) is 3.06. The van der Waals surface area contributed by atoms with Gasteiger partial charge in [-0.15, -0.1) is 0 Å². The van der Waals surface area contributed by atoms with Crippen molar-refractivity contribution in [2.75, 3.05) is 32.7 Å². The zero-order chi connectivity index (χ0) is 14.1. The normalized spacial score (nSPS) is 22.9. The van der Waals surface area contributed by atoms with E-state index in [1.165, 1.54) is 18.9 Å². The lowest BCUT2D eigenvalue weighted by molar-refractivity contribution is 0.0924. The van der Waals surface area contributed by atoms with E-state index in [1.54, 1.807) is 6.07 Å². The van der Waals surface area contributed by atoms with Gasteiger partial charge in [0.1, 0.15) is 5.82 Å². The largest absolute Gasteiger partial charge is 0.329 e. The second kappa shape index (κ2) is 6.10. The molecular weight excluding hydrogens is 321 g/mol. The first-order valence-electron chi connectivity index (χ1n) is 7.32. The maximum atomic E-state index is 14.1. The Morgan fingerprint density at radius 1 is 1.25 bits per heavy atom. The molecule has 0 amide bonds. The summed E-state index contributed by atoms with van der Waals surface area (Å²) in [5.74, 6) is -0.159. The van der Waals surface area contributed by atoms with Gasteiger partial charge in [0.05, 0.1) is 6.04 Å². The van der Waals surface area contributed by atoms with Crippen molar-refractivity contribution in [1.82, 2.24) is 9.80 Å². The Labute approximate surface area is 128 Å². The van der Waals surface area contributed by atoms with E-state index in [1.807, 2.05) is 6.07 Å². The average molecular weight is 342 g/mol. The van der Waals surface area contributed by atoms with Crippen molar-refractivity contribution in [2.45, 2.75) is 24.9 Å². The lowest BCUT2D eigenvalue weighted by Gasteiger charge is -2.39. The highest BCUT2D eigenvalue weighted by Crippen LogP contribution is 2.30. The second-order valence-electron chi connectivity index (χ2n) is 5.72. The Bertz CT molecular complexity index is 470. The van der Waals surface area contributed by atoms with Gasteiger partial charge in [-0.1, -0.05) is 15.9 Å². The van der Waals surface area contributed by atoms with Gasteiger partial charge >= 0.3 is 0 Å². The third-order valence-corrected chi connectivity index (χ3v) is 4.89. The molecule has 1 aliphatic heterocycles. The third-order valence-electron chi connectivity index (χ3n) is 4.39. The first-order chi connectivity index (χ1) is 9.69. The number of halogens is 2. The molecule has 0 radical (unpaired) electrons. The van der Waals surface area contributed by atoms with Crippen molar-refractivity contribution in [3.63, 3.8) is 0 Å². The Morgan fingerprint density at radius 2 is 1.95 bits per heavy atom. The van der Waals surface area contributed by atoms with E-state index in [0.717, 1.165) is 36.7 Å². The van der Waals surface area contributed by atoms with Gasteiger partial charge in [0.2, 0.25) is 0 Å². The molecule has 1 aliphatic carbocycles. The van der Waals surface area contributed by atoms with Crippen LogP contribution in [0.5, 0.6) is 0 Å². The van der Waals surface area contributed by atoms with Crippen molar-refractivity contribution in [1.29, 1.82) is 0 Å².